The molecule has 1 unspecified atom stereocenters. The number of thiazole rings is 1. The van der Waals surface area contributed by atoms with Crippen LogP contribution in [0.1, 0.15) is 18.5 Å². The molecule has 140 valence electrons. The lowest BCUT2D eigenvalue weighted by atomic mass is 10.1. The summed E-state index contributed by atoms with van der Waals surface area (Å²) in [6.07, 6.45) is 1.78. The number of rotatable bonds is 6. The van der Waals surface area contributed by atoms with Crippen LogP contribution in [0.3, 0.4) is 0 Å². The molecule has 6 heteroatoms. The minimum absolute atomic E-state index is 0.110. The smallest absolute Gasteiger partial charge is 0.223 e. The second kappa shape index (κ2) is 8.19. The topological polar surface area (TPSA) is 59.9 Å². The van der Waals surface area contributed by atoms with E-state index in [9.17, 15) is 0 Å². The van der Waals surface area contributed by atoms with Crippen LogP contribution in [-0.2, 0) is 0 Å². The van der Waals surface area contributed by atoms with E-state index in [2.05, 4.69) is 34.3 Å². The van der Waals surface area contributed by atoms with Gasteiger partial charge in [-0.15, -0.1) is 11.3 Å². The number of nitrogens with zero attached hydrogens (tertiary/aromatic N) is 3. The molecule has 2 aromatic heterocycles. The molecule has 2 aromatic carbocycles. The van der Waals surface area contributed by atoms with Gasteiger partial charge in [-0.05, 0) is 42.8 Å². The number of anilines is 1. The van der Waals surface area contributed by atoms with Gasteiger partial charge in [0.1, 0.15) is 5.75 Å². The third-order valence-electron chi connectivity index (χ3n) is 4.46. The number of ether oxygens (including phenoxy) is 1. The number of benzene rings is 2. The maximum Gasteiger partial charge on any atom is 0.223 e. The maximum atomic E-state index is 5.24. The fraction of sp³-hybridized carbons (Fsp3) is 0.136. The van der Waals surface area contributed by atoms with Gasteiger partial charge >= 0.3 is 0 Å². The molecular weight excluding hydrogens is 368 g/mol. The van der Waals surface area contributed by atoms with E-state index >= 15 is 0 Å². The SMILES string of the molecule is COc1ccc(-c2ncsc2-c2ccnc(NC(C)c3ccccc3)n2)cc1. The van der Waals surface area contributed by atoms with Crippen molar-refractivity contribution in [2.75, 3.05) is 12.4 Å². The van der Waals surface area contributed by atoms with E-state index in [1.807, 2.05) is 54.0 Å². The number of aromatic nitrogens is 3. The number of nitrogens with one attached hydrogen (secondary N) is 1. The molecule has 0 fully saturated rings. The lowest BCUT2D eigenvalue weighted by molar-refractivity contribution is 0.415. The van der Waals surface area contributed by atoms with Crippen LogP contribution in [-0.4, -0.2) is 22.1 Å². The molecule has 2 heterocycles. The highest BCUT2D eigenvalue weighted by atomic mass is 32.1. The molecule has 0 aliphatic heterocycles. The molecule has 0 saturated carbocycles. The van der Waals surface area contributed by atoms with Crippen LogP contribution in [0.4, 0.5) is 5.95 Å². The maximum absolute atomic E-state index is 5.24. The fourth-order valence-electron chi connectivity index (χ4n) is 2.96. The average Bonchev–Trinajstić information content (AvgIpc) is 3.24. The van der Waals surface area contributed by atoms with Crippen molar-refractivity contribution in [3.63, 3.8) is 0 Å². The Labute approximate surface area is 168 Å². The van der Waals surface area contributed by atoms with Crippen molar-refractivity contribution in [3.05, 3.63) is 77.9 Å². The summed E-state index contributed by atoms with van der Waals surface area (Å²) < 4.78 is 5.24. The van der Waals surface area contributed by atoms with Crippen molar-refractivity contribution in [1.29, 1.82) is 0 Å². The fourth-order valence-corrected chi connectivity index (χ4v) is 3.74. The number of hydrogen-bond donors (Lipinski definition) is 1. The second-order valence-corrected chi connectivity index (χ2v) is 7.16. The molecule has 0 radical (unpaired) electrons. The normalized spacial score (nSPS) is 11.8. The van der Waals surface area contributed by atoms with Gasteiger partial charge < -0.3 is 10.1 Å². The highest BCUT2D eigenvalue weighted by Gasteiger charge is 2.14. The van der Waals surface area contributed by atoms with Crippen molar-refractivity contribution >= 4 is 17.3 Å². The molecule has 4 aromatic rings. The summed E-state index contributed by atoms with van der Waals surface area (Å²) in [7, 11) is 1.66. The summed E-state index contributed by atoms with van der Waals surface area (Å²) in [6, 6.07) is 20.2. The molecule has 0 aliphatic rings. The largest absolute Gasteiger partial charge is 0.497 e. The minimum Gasteiger partial charge on any atom is -0.497 e. The van der Waals surface area contributed by atoms with E-state index in [1.165, 1.54) is 5.56 Å². The molecule has 1 atom stereocenters. The quantitative estimate of drug-likeness (QED) is 0.476. The van der Waals surface area contributed by atoms with E-state index < -0.39 is 0 Å². The van der Waals surface area contributed by atoms with Crippen LogP contribution in [0.2, 0.25) is 0 Å². The first-order valence-corrected chi connectivity index (χ1v) is 9.85. The van der Waals surface area contributed by atoms with E-state index in [0.29, 0.717) is 5.95 Å². The Morgan fingerprint density at radius 1 is 0.964 bits per heavy atom. The lowest BCUT2D eigenvalue weighted by Crippen LogP contribution is -2.09. The van der Waals surface area contributed by atoms with Gasteiger partial charge in [0.05, 0.1) is 34.9 Å². The predicted molar refractivity (Wildman–Crippen MR) is 114 cm³/mol. The van der Waals surface area contributed by atoms with Crippen LogP contribution in [0.5, 0.6) is 5.75 Å². The minimum atomic E-state index is 0.110. The van der Waals surface area contributed by atoms with Gasteiger partial charge in [-0.25, -0.2) is 15.0 Å². The van der Waals surface area contributed by atoms with Crippen LogP contribution in [0.15, 0.2) is 72.4 Å². The summed E-state index contributed by atoms with van der Waals surface area (Å²) in [5, 5.41) is 3.38. The van der Waals surface area contributed by atoms with E-state index in [4.69, 9.17) is 9.72 Å². The van der Waals surface area contributed by atoms with Crippen LogP contribution < -0.4 is 10.1 Å². The zero-order valence-corrected chi connectivity index (χ0v) is 16.5. The molecule has 0 aliphatic carbocycles. The third kappa shape index (κ3) is 3.87. The predicted octanol–water partition coefficient (Wildman–Crippen LogP) is 5.45. The summed E-state index contributed by atoms with van der Waals surface area (Å²) in [6.45, 7) is 2.10. The van der Waals surface area contributed by atoms with Gasteiger partial charge in [0.15, 0.2) is 0 Å². The molecule has 0 spiro atoms. The zero-order valence-electron chi connectivity index (χ0n) is 15.7. The van der Waals surface area contributed by atoms with Gasteiger partial charge in [0.25, 0.3) is 0 Å². The highest BCUT2D eigenvalue weighted by Crippen LogP contribution is 2.34. The lowest BCUT2D eigenvalue weighted by Gasteiger charge is -2.14. The van der Waals surface area contributed by atoms with Crippen LogP contribution in [0.25, 0.3) is 21.8 Å². The molecular formula is C22H20N4OS. The Morgan fingerprint density at radius 2 is 1.75 bits per heavy atom. The van der Waals surface area contributed by atoms with Crippen LogP contribution in [0, 0.1) is 0 Å². The van der Waals surface area contributed by atoms with E-state index in [0.717, 1.165) is 27.6 Å². The Balaban J connectivity index is 1.61. The van der Waals surface area contributed by atoms with E-state index in [1.54, 1.807) is 24.6 Å². The van der Waals surface area contributed by atoms with Crippen molar-refractivity contribution in [2.24, 2.45) is 0 Å². The summed E-state index contributed by atoms with van der Waals surface area (Å²) >= 11 is 1.57. The summed E-state index contributed by atoms with van der Waals surface area (Å²) in [5.41, 5.74) is 5.83. The summed E-state index contributed by atoms with van der Waals surface area (Å²) in [5.74, 6) is 1.42. The third-order valence-corrected chi connectivity index (χ3v) is 5.31. The first-order valence-electron chi connectivity index (χ1n) is 8.97. The molecule has 4 rings (SSSR count). The first kappa shape index (κ1) is 18.1. The number of methoxy groups -OCH3 is 1. The Bertz CT molecular complexity index is 1050. The van der Waals surface area contributed by atoms with Crippen molar-refractivity contribution in [1.82, 2.24) is 15.0 Å². The Morgan fingerprint density at radius 3 is 2.50 bits per heavy atom. The zero-order chi connectivity index (χ0) is 19.3. The monoisotopic (exact) mass is 388 g/mol. The van der Waals surface area contributed by atoms with Gasteiger partial charge in [0, 0.05) is 11.8 Å². The highest BCUT2D eigenvalue weighted by molar-refractivity contribution is 7.13. The summed E-state index contributed by atoms with van der Waals surface area (Å²) in [4.78, 5) is 14.7. The van der Waals surface area contributed by atoms with Crippen molar-refractivity contribution < 1.29 is 4.74 Å². The van der Waals surface area contributed by atoms with Gasteiger partial charge in [-0.3, -0.25) is 0 Å². The van der Waals surface area contributed by atoms with Gasteiger partial charge in [0.2, 0.25) is 5.95 Å². The average molecular weight is 388 g/mol. The Kier molecular flexibility index (Phi) is 5.30. The molecule has 28 heavy (non-hydrogen) atoms. The second-order valence-electron chi connectivity index (χ2n) is 6.30. The molecule has 5 nitrogen and oxygen atoms in total. The van der Waals surface area contributed by atoms with Crippen LogP contribution >= 0.6 is 11.3 Å². The standard InChI is InChI=1S/C22H20N4OS/c1-15(16-6-4-3-5-7-16)25-22-23-13-12-19(26-22)21-20(24-14-28-21)17-8-10-18(27-2)11-9-17/h3-15H,1-2H3,(H,23,25,26). The van der Waals surface area contributed by atoms with Gasteiger partial charge in [-0.2, -0.15) is 0 Å². The molecule has 0 saturated heterocycles. The van der Waals surface area contributed by atoms with Crippen molar-refractivity contribution in [2.45, 2.75) is 13.0 Å². The first-order chi connectivity index (χ1) is 13.7. The van der Waals surface area contributed by atoms with E-state index in [-0.39, 0.29) is 6.04 Å². The number of hydrogen-bond acceptors (Lipinski definition) is 6. The molecule has 0 bridgehead atoms. The van der Waals surface area contributed by atoms with Crippen molar-refractivity contribution in [3.8, 4) is 27.6 Å². The Hall–Kier alpha value is -3.25. The van der Waals surface area contributed by atoms with Gasteiger partial charge in [-0.1, -0.05) is 30.3 Å². The molecule has 1 N–H and O–H groups in total. The molecule has 0 amide bonds.